The van der Waals surface area contributed by atoms with Gasteiger partial charge in [-0.1, -0.05) is 13.0 Å². The first-order valence-corrected chi connectivity index (χ1v) is 5.72. The second-order valence-corrected chi connectivity index (χ2v) is 3.82. The number of ketones is 1. The van der Waals surface area contributed by atoms with Gasteiger partial charge in [0.1, 0.15) is 5.69 Å². The van der Waals surface area contributed by atoms with Gasteiger partial charge in [0.25, 0.3) is 0 Å². The molecule has 0 bridgehead atoms. The minimum Gasteiger partial charge on any atom is -0.292 e. The first-order chi connectivity index (χ1) is 8.31. The summed E-state index contributed by atoms with van der Waals surface area (Å²) >= 11 is 0. The highest BCUT2D eigenvalue weighted by atomic mass is 16.1. The predicted octanol–water partition coefficient (Wildman–Crippen LogP) is 3.13. The predicted molar refractivity (Wildman–Crippen MR) is 66.7 cm³/mol. The van der Waals surface area contributed by atoms with Crippen LogP contribution < -0.4 is 0 Å². The molecule has 0 unspecified atom stereocenters. The summed E-state index contributed by atoms with van der Waals surface area (Å²) < 4.78 is 0. The number of pyridine rings is 2. The molecule has 0 amide bonds. The lowest BCUT2D eigenvalue weighted by molar-refractivity contribution is 0.0977. The van der Waals surface area contributed by atoms with E-state index >= 15 is 0 Å². The first-order valence-electron chi connectivity index (χ1n) is 5.72. The molecule has 0 aliphatic heterocycles. The average molecular weight is 226 g/mol. The minimum absolute atomic E-state index is 0.100. The van der Waals surface area contributed by atoms with Crippen LogP contribution in [0.2, 0.25) is 0 Å². The number of hydrogen-bond donors (Lipinski definition) is 0. The van der Waals surface area contributed by atoms with E-state index in [1.807, 2.05) is 31.2 Å². The zero-order chi connectivity index (χ0) is 12.1. The highest BCUT2D eigenvalue weighted by molar-refractivity contribution is 5.94. The number of Topliss-reactive ketones (excluding diaryl/α,β-unsaturated/α-hetero) is 1. The van der Waals surface area contributed by atoms with E-state index in [2.05, 4.69) is 9.97 Å². The zero-order valence-corrected chi connectivity index (χ0v) is 9.76. The van der Waals surface area contributed by atoms with Crippen molar-refractivity contribution in [1.82, 2.24) is 9.97 Å². The fourth-order valence-corrected chi connectivity index (χ4v) is 1.63. The van der Waals surface area contributed by atoms with Crippen molar-refractivity contribution in [2.75, 3.05) is 0 Å². The summed E-state index contributed by atoms with van der Waals surface area (Å²) in [4.78, 5) is 20.1. The molecular formula is C14H14N2O. The van der Waals surface area contributed by atoms with E-state index in [9.17, 15) is 4.79 Å². The maximum Gasteiger partial charge on any atom is 0.181 e. The Balaban J connectivity index is 2.32. The number of rotatable bonds is 4. The Labute approximate surface area is 101 Å². The monoisotopic (exact) mass is 226 g/mol. The van der Waals surface area contributed by atoms with Gasteiger partial charge in [-0.2, -0.15) is 0 Å². The number of carbonyl (C=O) groups is 1. The molecule has 2 aromatic rings. The van der Waals surface area contributed by atoms with Gasteiger partial charge in [0.05, 0.1) is 5.69 Å². The molecule has 0 spiro atoms. The largest absolute Gasteiger partial charge is 0.292 e. The van der Waals surface area contributed by atoms with Gasteiger partial charge in [-0.25, -0.2) is 4.98 Å². The summed E-state index contributed by atoms with van der Waals surface area (Å²) in [5.74, 6) is 0.100. The normalized spacial score (nSPS) is 10.2. The molecule has 2 aromatic heterocycles. The van der Waals surface area contributed by atoms with Crippen molar-refractivity contribution in [3.05, 3.63) is 48.4 Å². The van der Waals surface area contributed by atoms with E-state index in [-0.39, 0.29) is 5.78 Å². The second-order valence-electron chi connectivity index (χ2n) is 3.82. The minimum atomic E-state index is 0.100. The van der Waals surface area contributed by atoms with E-state index in [1.54, 1.807) is 18.5 Å². The molecule has 86 valence electrons. The van der Waals surface area contributed by atoms with E-state index in [0.29, 0.717) is 12.1 Å². The van der Waals surface area contributed by atoms with Crippen LogP contribution in [0.25, 0.3) is 11.3 Å². The zero-order valence-electron chi connectivity index (χ0n) is 9.76. The molecule has 0 aliphatic rings. The fourth-order valence-electron chi connectivity index (χ4n) is 1.63. The fraction of sp³-hybridized carbons (Fsp3) is 0.214. The van der Waals surface area contributed by atoms with Gasteiger partial charge in [0.2, 0.25) is 0 Å². The Morgan fingerprint density at radius 3 is 2.65 bits per heavy atom. The molecule has 0 saturated heterocycles. The van der Waals surface area contributed by atoms with Crippen LogP contribution >= 0.6 is 0 Å². The smallest absolute Gasteiger partial charge is 0.181 e. The molecule has 17 heavy (non-hydrogen) atoms. The summed E-state index contributed by atoms with van der Waals surface area (Å²) in [6, 6.07) is 9.30. The van der Waals surface area contributed by atoms with Gasteiger partial charge in [0, 0.05) is 24.4 Å². The standard InChI is InChI=1S/C14H14N2O/c1-2-4-14(17)13-6-3-5-12(16-13)11-7-9-15-10-8-11/h3,5-10H,2,4H2,1H3. The van der Waals surface area contributed by atoms with Gasteiger partial charge < -0.3 is 0 Å². The van der Waals surface area contributed by atoms with E-state index in [0.717, 1.165) is 17.7 Å². The van der Waals surface area contributed by atoms with Crippen molar-refractivity contribution >= 4 is 5.78 Å². The highest BCUT2D eigenvalue weighted by Gasteiger charge is 2.07. The van der Waals surface area contributed by atoms with Crippen molar-refractivity contribution in [3.8, 4) is 11.3 Å². The van der Waals surface area contributed by atoms with Crippen molar-refractivity contribution in [3.63, 3.8) is 0 Å². The summed E-state index contributed by atoms with van der Waals surface area (Å²) in [5, 5.41) is 0. The van der Waals surface area contributed by atoms with Gasteiger partial charge in [-0.3, -0.25) is 9.78 Å². The molecule has 2 rings (SSSR count). The SMILES string of the molecule is CCCC(=O)c1cccc(-c2ccncc2)n1. The van der Waals surface area contributed by atoms with Crippen molar-refractivity contribution in [2.45, 2.75) is 19.8 Å². The van der Waals surface area contributed by atoms with Gasteiger partial charge in [-0.05, 0) is 30.7 Å². The third kappa shape index (κ3) is 2.75. The summed E-state index contributed by atoms with van der Waals surface area (Å²) in [5.41, 5.74) is 2.33. The van der Waals surface area contributed by atoms with Crippen LogP contribution in [0, 0.1) is 0 Å². The lowest BCUT2D eigenvalue weighted by atomic mass is 10.1. The molecule has 0 aliphatic carbocycles. The molecule has 3 nitrogen and oxygen atoms in total. The number of aromatic nitrogens is 2. The Morgan fingerprint density at radius 1 is 1.18 bits per heavy atom. The molecule has 0 radical (unpaired) electrons. The molecule has 3 heteroatoms. The van der Waals surface area contributed by atoms with Crippen LogP contribution in [0.4, 0.5) is 0 Å². The lowest BCUT2D eigenvalue weighted by Crippen LogP contribution is -2.02. The van der Waals surface area contributed by atoms with Gasteiger partial charge in [0.15, 0.2) is 5.78 Å². The number of nitrogens with zero attached hydrogens (tertiary/aromatic N) is 2. The number of carbonyl (C=O) groups excluding carboxylic acids is 1. The Kier molecular flexibility index (Phi) is 3.60. The van der Waals surface area contributed by atoms with Crippen LogP contribution in [0.15, 0.2) is 42.7 Å². The van der Waals surface area contributed by atoms with Crippen LogP contribution in [-0.4, -0.2) is 15.8 Å². The first kappa shape index (κ1) is 11.5. The Morgan fingerprint density at radius 2 is 1.94 bits per heavy atom. The Bertz CT molecular complexity index is 509. The number of hydrogen-bond acceptors (Lipinski definition) is 3. The molecule has 0 fully saturated rings. The summed E-state index contributed by atoms with van der Waals surface area (Å²) in [6.07, 6.45) is 4.84. The van der Waals surface area contributed by atoms with E-state index < -0.39 is 0 Å². The molecule has 0 N–H and O–H groups in total. The summed E-state index contributed by atoms with van der Waals surface area (Å²) in [7, 11) is 0. The third-order valence-electron chi connectivity index (χ3n) is 2.49. The molecule has 0 atom stereocenters. The van der Waals surface area contributed by atoms with Crippen LogP contribution in [0.3, 0.4) is 0 Å². The van der Waals surface area contributed by atoms with Gasteiger partial charge >= 0.3 is 0 Å². The summed E-state index contributed by atoms with van der Waals surface area (Å²) in [6.45, 7) is 1.99. The van der Waals surface area contributed by atoms with Crippen molar-refractivity contribution in [1.29, 1.82) is 0 Å². The second kappa shape index (κ2) is 5.34. The topological polar surface area (TPSA) is 42.9 Å². The van der Waals surface area contributed by atoms with Crippen molar-refractivity contribution < 1.29 is 4.79 Å². The third-order valence-corrected chi connectivity index (χ3v) is 2.49. The van der Waals surface area contributed by atoms with E-state index in [4.69, 9.17) is 0 Å². The van der Waals surface area contributed by atoms with E-state index in [1.165, 1.54) is 0 Å². The molecule has 0 aromatic carbocycles. The van der Waals surface area contributed by atoms with Crippen LogP contribution in [0.1, 0.15) is 30.3 Å². The molecular weight excluding hydrogens is 212 g/mol. The average Bonchev–Trinajstić information content (AvgIpc) is 2.40. The quantitative estimate of drug-likeness (QED) is 0.752. The highest BCUT2D eigenvalue weighted by Crippen LogP contribution is 2.16. The molecule has 0 saturated carbocycles. The van der Waals surface area contributed by atoms with Crippen LogP contribution in [-0.2, 0) is 0 Å². The Hall–Kier alpha value is -2.03. The van der Waals surface area contributed by atoms with Gasteiger partial charge in [-0.15, -0.1) is 0 Å². The molecule has 2 heterocycles. The lowest BCUT2D eigenvalue weighted by Gasteiger charge is -2.03. The maximum atomic E-state index is 11.8. The maximum absolute atomic E-state index is 11.8. The van der Waals surface area contributed by atoms with Crippen LogP contribution in [0.5, 0.6) is 0 Å². The van der Waals surface area contributed by atoms with Crippen molar-refractivity contribution in [2.24, 2.45) is 0 Å².